The van der Waals surface area contributed by atoms with E-state index in [4.69, 9.17) is 0 Å². The van der Waals surface area contributed by atoms with Crippen molar-refractivity contribution in [2.45, 2.75) is 69.0 Å². The van der Waals surface area contributed by atoms with Crippen molar-refractivity contribution in [2.24, 2.45) is 12.5 Å². The molecule has 6 rings (SSSR count). The number of aromatic nitrogens is 3. The third-order valence-electron chi connectivity index (χ3n) is 9.18. The number of fused-ring (bicyclic) bond motifs is 3. The van der Waals surface area contributed by atoms with Gasteiger partial charge in [-0.25, -0.2) is 14.0 Å². The van der Waals surface area contributed by atoms with Gasteiger partial charge in [0.1, 0.15) is 11.6 Å². The van der Waals surface area contributed by atoms with Crippen LogP contribution in [0.25, 0.3) is 11.4 Å². The summed E-state index contributed by atoms with van der Waals surface area (Å²) in [5.41, 5.74) is -4.54. The molecule has 0 unspecified atom stereocenters. The summed E-state index contributed by atoms with van der Waals surface area (Å²) in [6, 6.07) is 4.87. The molecule has 48 heavy (non-hydrogen) atoms. The second-order valence-electron chi connectivity index (χ2n) is 12.1. The van der Waals surface area contributed by atoms with E-state index in [1.54, 1.807) is 7.05 Å². The lowest BCUT2D eigenvalue weighted by atomic mass is 9.53. The summed E-state index contributed by atoms with van der Waals surface area (Å²) < 4.78 is 136. The van der Waals surface area contributed by atoms with Gasteiger partial charge in [0.25, 0.3) is 0 Å². The van der Waals surface area contributed by atoms with E-state index in [1.165, 1.54) is 22.8 Å². The Kier molecular flexibility index (Phi) is 8.92. The molecule has 0 radical (unpaired) electrons. The van der Waals surface area contributed by atoms with Crippen molar-refractivity contribution >= 4 is 12.0 Å². The second kappa shape index (κ2) is 12.3. The quantitative estimate of drug-likeness (QED) is 0.214. The first-order valence-corrected chi connectivity index (χ1v) is 14.5. The topological polar surface area (TPSA) is 89.3 Å². The van der Waals surface area contributed by atoms with E-state index in [2.05, 4.69) is 20.4 Å². The Hall–Kier alpha value is -4.38. The molecule has 3 fully saturated rings. The fraction of sp³-hybridized carbons (Fsp3) is 0.467. The molecule has 3 aliphatic rings. The smallest absolute Gasteiger partial charge is 0.335 e. The largest absolute Gasteiger partial charge is 0.493 e. The third kappa shape index (κ3) is 6.92. The number of hydrogen-bond donors (Lipinski definition) is 1. The summed E-state index contributed by atoms with van der Waals surface area (Å²) in [7, 11) is 1.57. The van der Waals surface area contributed by atoms with Gasteiger partial charge in [-0.3, -0.25) is 0 Å². The van der Waals surface area contributed by atoms with Gasteiger partial charge in [0.15, 0.2) is 5.82 Å². The van der Waals surface area contributed by atoms with Crippen LogP contribution in [0.4, 0.5) is 48.7 Å². The van der Waals surface area contributed by atoms with Crippen LogP contribution in [-0.2, 0) is 41.0 Å². The monoisotopic (exact) mass is 695 g/mol. The average molecular weight is 696 g/mol. The van der Waals surface area contributed by atoms with Crippen LogP contribution in [0.2, 0.25) is 0 Å². The predicted octanol–water partition coefficient (Wildman–Crippen LogP) is 7.48. The zero-order valence-electron chi connectivity index (χ0n) is 25.0. The number of carbonyl (C=O) groups is 2. The predicted molar refractivity (Wildman–Crippen MR) is 146 cm³/mol. The van der Waals surface area contributed by atoms with Gasteiger partial charge in [0.2, 0.25) is 0 Å². The van der Waals surface area contributed by atoms with Gasteiger partial charge in [-0.05, 0) is 67.7 Å². The van der Waals surface area contributed by atoms with Crippen LogP contribution in [0, 0.1) is 11.2 Å². The Bertz CT molecular complexity index is 1670. The number of nitrogens with zero attached hydrogens (tertiary/aromatic N) is 4. The molecule has 260 valence electrons. The summed E-state index contributed by atoms with van der Waals surface area (Å²) in [6.45, 7) is -1.41. The van der Waals surface area contributed by atoms with Crippen LogP contribution in [0.5, 0.6) is 0 Å². The Morgan fingerprint density at radius 1 is 0.875 bits per heavy atom. The highest BCUT2D eigenvalue weighted by atomic mass is 19.4. The fourth-order valence-electron chi connectivity index (χ4n) is 6.57. The SMILES string of the molecule is Cn1c(-c2ccccc2C(F)(F)F)nnc1C12CCC(CNC(=O)N(Cc3ccc(F)cc3C(F)(F)F)OC(=O)C(F)(F)F)(CC1)CC2. The molecule has 1 N–H and O–H groups in total. The molecule has 18 heteroatoms. The standard InChI is InChI=1S/C30H27F10N5O3/c1-44-22(19-4-2-3-5-20(19)28(32,33)34)42-43-23(44)27-11-8-26(9-12-27,10-13-27)16-41-25(47)45(48-24(46)30(38,39)40)15-17-6-7-18(31)14-21(17)29(35,36)37/h2-7,14H,8-13,15-16H2,1H3,(H,41,47). The first-order chi connectivity index (χ1) is 22.2. The van der Waals surface area contributed by atoms with Crippen LogP contribution < -0.4 is 5.32 Å². The van der Waals surface area contributed by atoms with Crippen molar-refractivity contribution in [3.05, 3.63) is 70.8 Å². The van der Waals surface area contributed by atoms with Gasteiger partial charge >= 0.3 is 30.5 Å². The molecular formula is C30H27F10N5O3. The lowest BCUT2D eigenvalue weighted by Crippen LogP contribution is -2.52. The molecule has 2 aromatic carbocycles. The molecule has 0 saturated heterocycles. The average Bonchev–Trinajstić information content (AvgIpc) is 3.41. The number of carbonyl (C=O) groups excluding carboxylic acids is 2. The number of amides is 2. The van der Waals surface area contributed by atoms with Crippen LogP contribution in [0.15, 0.2) is 42.5 Å². The van der Waals surface area contributed by atoms with Gasteiger partial charge in [-0.15, -0.1) is 15.3 Å². The Morgan fingerprint density at radius 2 is 1.48 bits per heavy atom. The summed E-state index contributed by atoms with van der Waals surface area (Å²) >= 11 is 0. The van der Waals surface area contributed by atoms with Crippen molar-refractivity contribution in [3.8, 4) is 11.4 Å². The summed E-state index contributed by atoms with van der Waals surface area (Å²) in [6.07, 6.45) is -12.6. The van der Waals surface area contributed by atoms with Crippen LogP contribution in [0.1, 0.15) is 61.0 Å². The van der Waals surface area contributed by atoms with Gasteiger partial charge < -0.3 is 14.7 Å². The van der Waals surface area contributed by atoms with Crippen LogP contribution in [-0.4, -0.2) is 44.5 Å². The molecular weight excluding hydrogens is 668 g/mol. The minimum atomic E-state index is -5.59. The highest BCUT2D eigenvalue weighted by molar-refractivity contribution is 5.79. The van der Waals surface area contributed by atoms with Crippen molar-refractivity contribution in [1.82, 2.24) is 25.1 Å². The molecule has 0 atom stereocenters. The highest BCUT2D eigenvalue weighted by Crippen LogP contribution is 2.57. The second-order valence-corrected chi connectivity index (χ2v) is 12.1. The Balaban J connectivity index is 1.31. The molecule has 1 heterocycles. The molecule has 3 aliphatic carbocycles. The van der Waals surface area contributed by atoms with Gasteiger partial charge in [-0.1, -0.05) is 24.3 Å². The third-order valence-corrected chi connectivity index (χ3v) is 9.18. The minimum Gasteiger partial charge on any atom is -0.335 e. The van der Waals surface area contributed by atoms with E-state index in [1.807, 2.05) is 0 Å². The fourth-order valence-corrected chi connectivity index (χ4v) is 6.57. The van der Waals surface area contributed by atoms with E-state index >= 15 is 0 Å². The summed E-state index contributed by atoms with van der Waals surface area (Å²) in [5.74, 6) is -3.63. The first kappa shape index (κ1) is 34.9. The Morgan fingerprint density at radius 3 is 2.06 bits per heavy atom. The number of nitrogens with one attached hydrogen (secondary N) is 1. The van der Waals surface area contributed by atoms with Crippen molar-refractivity contribution in [1.29, 1.82) is 0 Å². The van der Waals surface area contributed by atoms with Crippen LogP contribution in [0.3, 0.4) is 0 Å². The number of hydrogen-bond acceptors (Lipinski definition) is 5. The molecule has 2 amide bonds. The maximum Gasteiger partial charge on any atom is 0.493 e. The van der Waals surface area contributed by atoms with Gasteiger partial charge in [-0.2, -0.15) is 39.5 Å². The zero-order valence-corrected chi connectivity index (χ0v) is 25.0. The normalized spacial score (nSPS) is 21.2. The number of benzene rings is 2. The van der Waals surface area contributed by atoms with Crippen molar-refractivity contribution in [3.63, 3.8) is 0 Å². The molecule has 3 saturated carbocycles. The van der Waals surface area contributed by atoms with E-state index in [-0.39, 0.29) is 29.1 Å². The maximum atomic E-state index is 13.7. The van der Waals surface area contributed by atoms with Crippen molar-refractivity contribution in [2.75, 3.05) is 6.54 Å². The number of halogens is 10. The van der Waals surface area contributed by atoms with Crippen molar-refractivity contribution < 1.29 is 58.3 Å². The maximum absolute atomic E-state index is 13.7. The highest BCUT2D eigenvalue weighted by Gasteiger charge is 2.52. The number of alkyl halides is 9. The van der Waals surface area contributed by atoms with E-state index < -0.39 is 70.4 Å². The number of hydroxylamine groups is 2. The van der Waals surface area contributed by atoms with E-state index in [0.717, 1.165) is 6.07 Å². The summed E-state index contributed by atoms with van der Waals surface area (Å²) in [5, 5.41) is 10.5. The molecule has 1 aromatic heterocycles. The lowest BCUT2D eigenvalue weighted by Gasteiger charge is -2.53. The van der Waals surface area contributed by atoms with Gasteiger partial charge in [0.05, 0.1) is 17.7 Å². The minimum absolute atomic E-state index is 0.0327. The molecule has 3 aromatic rings. The van der Waals surface area contributed by atoms with E-state index in [9.17, 15) is 53.5 Å². The van der Waals surface area contributed by atoms with Gasteiger partial charge in [0, 0.05) is 24.6 Å². The molecule has 0 spiro atoms. The molecule has 0 aliphatic heterocycles. The van der Waals surface area contributed by atoms with E-state index in [0.29, 0.717) is 56.5 Å². The molecule has 2 bridgehead atoms. The zero-order chi connectivity index (χ0) is 35.3. The number of rotatable bonds is 6. The Labute approximate surface area is 266 Å². The summed E-state index contributed by atoms with van der Waals surface area (Å²) in [4.78, 5) is 28.8. The lowest BCUT2D eigenvalue weighted by molar-refractivity contribution is -0.229. The first-order valence-electron chi connectivity index (χ1n) is 14.5. The number of urea groups is 1. The molecule has 8 nitrogen and oxygen atoms in total. The van der Waals surface area contributed by atoms with Crippen LogP contribution >= 0.6 is 0 Å².